The first-order chi connectivity index (χ1) is 11.2. The highest BCUT2D eigenvalue weighted by molar-refractivity contribution is 7.98. The molecule has 23 heavy (non-hydrogen) atoms. The Bertz CT molecular complexity index is 784. The zero-order valence-electron chi connectivity index (χ0n) is 13.1. The van der Waals surface area contributed by atoms with Crippen molar-refractivity contribution in [2.24, 2.45) is 0 Å². The van der Waals surface area contributed by atoms with Gasteiger partial charge < -0.3 is 9.26 Å². The largest absolute Gasteiger partial charge is 0.496 e. The number of ether oxygens (including phenoxy) is 1. The Morgan fingerprint density at radius 3 is 2.83 bits per heavy atom. The van der Waals surface area contributed by atoms with Crippen LogP contribution in [0.2, 0.25) is 0 Å². The third kappa shape index (κ3) is 3.53. The third-order valence-electron chi connectivity index (χ3n) is 3.17. The van der Waals surface area contributed by atoms with E-state index < -0.39 is 0 Å². The van der Waals surface area contributed by atoms with Gasteiger partial charge in [-0.05, 0) is 12.1 Å². The molecule has 0 saturated carbocycles. The number of benzene rings is 1. The molecule has 7 nitrogen and oxygen atoms in total. The number of rotatable bonds is 6. The maximum atomic E-state index is 5.31. The van der Waals surface area contributed by atoms with Crippen LogP contribution in [-0.2, 0) is 5.75 Å². The molecule has 2 aromatic heterocycles. The first-order valence-corrected chi connectivity index (χ1v) is 8.17. The molecule has 3 aromatic rings. The van der Waals surface area contributed by atoms with Crippen LogP contribution in [0.1, 0.15) is 31.5 Å². The molecule has 1 aromatic carbocycles. The topological polar surface area (TPSA) is 89.7 Å². The molecular weight excluding hydrogens is 314 g/mol. The van der Waals surface area contributed by atoms with Gasteiger partial charge in [-0.25, -0.2) is 4.98 Å². The molecule has 0 saturated heterocycles. The fourth-order valence-electron chi connectivity index (χ4n) is 1.96. The number of hydrogen-bond donors (Lipinski definition) is 1. The number of hydrogen-bond acceptors (Lipinski definition) is 7. The Labute approximate surface area is 137 Å². The SMILES string of the molecule is COc1ccccc1-c1noc(CSc2n[nH]c(C(C)C)n2)n1. The lowest BCUT2D eigenvalue weighted by Crippen LogP contribution is -1.89. The highest BCUT2D eigenvalue weighted by Gasteiger charge is 2.14. The Balaban J connectivity index is 1.69. The van der Waals surface area contributed by atoms with Gasteiger partial charge in [0.2, 0.25) is 16.9 Å². The molecule has 0 radical (unpaired) electrons. The second-order valence-corrected chi connectivity index (χ2v) is 6.10. The first-order valence-electron chi connectivity index (χ1n) is 7.18. The lowest BCUT2D eigenvalue weighted by atomic mass is 10.2. The molecule has 0 unspecified atom stereocenters. The molecule has 0 spiro atoms. The van der Waals surface area contributed by atoms with Gasteiger partial charge in [0.1, 0.15) is 11.6 Å². The van der Waals surface area contributed by atoms with E-state index in [1.807, 2.05) is 24.3 Å². The standard InChI is InChI=1S/C15H17N5O2S/c1-9(2)13-17-15(19-18-13)23-8-12-16-14(20-22-12)10-6-4-5-7-11(10)21-3/h4-7,9H,8H2,1-3H3,(H,17,18,19). The average molecular weight is 331 g/mol. The van der Waals surface area contributed by atoms with Crippen molar-refractivity contribution in [3.8, 4) is 17.1 Å². The van der Waals surface area contributed by atoms with Crippen molar-refractivity contribution < 1.29 is 9.26 Å². The lowest BCUT2D eigenvalue weighted by Gasteiger charge is -2.02. The van der Waals surface area contributed by atoms with E-state index in [0.29, 0.717) is 34.3 Å². The average Bonchev–Trinajstić information content (AvgIpc) is 3.22. The van der Waals surface area contributed by atoms with Crippen LogP contribution in [0.3, 0.4) is 0 Å². The normalized spacial score (nSPS) is 11.1. The summed E-state index contributed by atoms with van der Waals surface area (Å²) in [6.07, 6.45) is 0. The summed E-state index contributed by atoms with van der Waals surface area (Å²) in [5.41, 5.74) is 0.801. The van der Waals surface area contributed by atoms with Crippen molar-refractivity contribution in [1.82, 2.24) is 25.3 Å². The van der Waals surface area contributed by atoms with Crippen molar-refractivity contribution in [2.45, 2.75) is 30.7 Å². The summed E-state index contributed by atoms with van der Waals surface area (Å²) in [4.78, 5) is 8.81. The molecule has 2 heterocycles. The van der Waals surface area contributed by atoms with Crippen molar-refractivity contribution in [3.63, 3.8) is 0 Å². The Hall–Kier alpha value is -2.35. The van der Waals surface area contributed by atoms with E-state index in [2.05, 4.69) is 39.2 Å². The first kappa shape index (κ1) is 15.5. The van der Waals surface area contributed by atoms with Gasteiger partial charge in [-0.3, -0.25) is 5.10 Å². The van der Waals surface area contributed by atoms with Gasteiger partial charge in [0.15, 0.2) is 0 Å². The summed E-state index contributed by atoms with van der Waals surface area (Å²) in [5.74, 6) is 3.44. The molecule has 0 bridgehead atoms. The smallest absolute Gasteiger partial charge is 0.237 e. The van der Waals surface area contributed by atoms with Crippen molar-refractivity contribution in [1.29, 1.82) is 0 Å². The summed E-state index contributed by atoms with van der Waals surface area (Å²) < 4.78 is 10.6. The summed E-state index contributed by atoms with van der Waals surface area (Å²) in [5, 5.41) is 11.8. The Morgan fingerprint density at radius 1 is 1.26 bits per heavy atom. The van der Waals surface area contributed by atoms with Gasteiger partial charge in [-0.15, -0.1) is 5.10 Å². The quantitative estimate of drug-likeness (QED) is 0.693. The Kier molecular flexibility index (Phi) is 4.61. The molecule has 0 aliphatic rings. The summed E-state index contributed by atoms with van der Waals surface area (Å²) in [6, 6.07) is 7.56. The maximum absolute atomic E-state index is 5.31. The minimum atomic E-state index is 0.317. The fraction of sp³-hybridized carbons (Fsp3) is 0.333. The molecule has 120 valence electrons. The van der Waals surface area contributed by atoms with Crippen molar-refractivity contribution in [2.75, 3.05) is 7.11 Å². The zero-order chi connectivity index (χ0) is 16.2. The number of H-pyrrole nitrogens is 1. The van der Waals surface area contributed by atoms with Crippen LogP contribution in [0.5, 0.6) is 5.75 Å². The number of para-hydroxylation sites is 1. The Morgan fingerprint density at radius 2 is 2.09 bits per heavy atom. The van der Waals surface area contributed by atoms with E-state index >= 15 is 0 Å². The fourth-order valence-corrected chi connectivity index (χ4v) is 2.60. The van der Waals surface area contributed by atoms with Crippen LogP contribution < -0.4 is 4.74 Å². The van der Waals surface area contributed by atoms with Crippen molar-refractivity contribution in [3.05, 3.63) is 36.0 Å². The number of methoxy groups -OCH3 is 1. The molecule has 1 N–H and O–H groups in total. The number of nitrogens with zero attached hydrogens (tertiary/aromatic N) is 4. The third-order valence-corrected chi connectivity index (χ3v) is 4.00. The predicted octanol–water partition coefficient (Wildman–Crippen LogP) is 3.28. The second-order valence-electron chi connectivity index (χ2n) is 5.16. The van der Waals surface area contributed by atoms with Crippen LogP contribution in [0, 0.1) is 0 Å². The van der Waals surface area contributed by atoms with Crippen LogP contribution in [0.4, 0.5) is 0 Å². The molecule has 0 fully saturated rings. The number of nitrogens with one attached hydrogen (secondary N) is 1. The monoisotopic (exact) mass is 331 g/mol. The van der Waals surface area contributed by atoms with Gasteiger partial charge in [0.25, 0.3) is 0 Å². The molecule has 3 rings (SSSR count). The van der Waals surface area contributed by atoms with Gasteiger partial charge in [-0.2, -0.15) is 4.98 Å². The highest BCUT2D eigenvalue weighted by atomic mass is 32.2. The van der Waals surface area contributed by atoms with Crippen LogP contribution in [0.25, 0.3) is 11.4 Å². The molecule has 0 atom stereocenters. The van der Waals surface area contributed by atoms with Crippen LogP contribution >= 0.6 is 11.8 Å². The van der Waals surface area contributed by atoms with E-state index in [0.717, 1.165) is 11.4 Å². The molecule has 0 aliphatic carbocycles. The number of thioether (sulfide) groups is 1. The van der Waals surface area contributed by atoms with E-state index in [1.54, 1.807) is 7.11 Å². The summed E-state index contributed by atoms with van der Waals surface area (Å²) in [6.45, 7) is 4.12. The van der Waals surface area contributed by atoms with E-state index in [9.17, 15) is 0 Å². The van der Waals surface area contributed by atoms with Crippen molar-refractivity contribution >= 4 is 11.8 Å². The number of aromatic amines is 1. The molecule has 8 heteroatoms. The zero-order valence-corrected chi connectivity index (χ0v) is 13.9. The van der Waals surface area contributed by atoms with Gasteiger partial charge in [0.05, 0.1) is 18.4 Å². The van der Waals surface area contributed by atoms with Gasteiger partial charge >= 0.3 is 0 Å². The molecule has 0 amide bonds. The lowest BCUT2D eigenvalue weighted by molar-refractivity contribution is 0.390. The number of aromatic nitrogens is 5. The van der Waals surface area contributed by atoms with E-state index in [-0.39, 0.29) is 0 Å². The summed E-state index contributed by atoms with van der Waals surface area (Å²) in [7, 11) is 1.62. The van der Waals surface area contributed by atoms with Gasteiger partial charge in [-0.1, -0.05) is 42.9 Å². The van der Waals surface area contributed by atoms with Crippen LogP contribution in [-0.4, -0.2) is 32.4 Å². The van der Waals surface area contributed by atoms with E-state index in [1.165, 1.54) is 11.8 Å². The second kappa shape index (κ2) is 6.82. The van der Waals surface area contributed by atoms with E-state index in [4.69, 9.17) is 9.26 Å². The maximum Gasteiger partial charge on any atom is 0.237 e. The highest BCUT2D eigenvalue weighted by Crippen LogP contribution is 2.28. The minimum Gasteiger partial charge on any atom is -0.496 e. The molecular formula is C15H17N5O2S. The summed E-state index contributed by atoms with van der Waals surface area (Å²) >= 11 is 1.45. The minimum absolute atomic E-state index is 0.317. The molecule has 0 aliphatic heterocycles. The van der Waals surface area contributed by atoms with Crippen LogP contribution in [0.15, 0.2) is 33.9 Å². The van der Waals surface area contributed by atoms with Gasteiger partial charge in [0, 0.05) is 5.92 Å². The predicted molar refractivity (Wildman–Crippen MR) is 86.3 cm³/mol.